The van der Waals surface area contributed by atoms with E-state index in [4.69, 9.17) is 16.3 Å². The smallest absolute Gasteiger partial charge is 0.264 e. The van der Waals surface area contributed by atoms with Gasteiger partial charge in [0.15, 0.2) is 12.4 Å². The van der Waals surface area contributed by atoms with Crippen LogP contribution >= 0.6 is 11.6 Å². The van der Waals surface area contributed by atoms with E-state index in [2.05, 4.69) is 0 Å². The molecule has 90 valence electrons. The van der Waals surface area contributed by atoms with Crippen molar-refractivity contribution < 1.29 is 14.3 Å². The Bertz CT molecular complexity index is 485. The van der Waals surface area contributed by atoms with Crippen molar-refractivity contribution in [3.05, 3.63) is 23.8 Å². The molecular formula is C12H12ClNO3. The third-order valence-corrected chi connectivity index (χ3v) is 2.89. The summed E-state index contributed by atoms with van der Waals surface area (Å²) in [4.78, 5) is 24.7. The van der Waals surface area contributed by atoms with Crippen molar-refractivity contribution >= 4 is 29.0 Å². The number of likely N-dealkylation sites (N-methyl/N-ethyl adjacent to an activating group) is 1. The van der Waals surface area contributed by atoms with E-state index in [9.17, 15) is 9.59 Å². The van der Waals surface area contributed by atoms with Crippen molar-refractivity contribution in [1.82, 2.24) is 0 Å². The fourth-order valence-corrected chi connectivity index (χ4v) is 1.78. The molecule has 0 aliphatic carbocycles. The van der Waals surface area contributed by atoms with Gasteiger partial charge in [0.05, 0.1) is 11.1 Å². The fraction of sp³-hybridized carbons (Fsp3) is 0.333. The molecule has 0 bridgehead atoms. The highest BCUT2D eigenvalue weighted by Gasteiger charge is 2.24. The zero-order chi connectivity index (χ0) is 12.6. The second kappa shape index (κ2) is 4.37. The van der Waals surface area contributed by atoms with Gasteiger partial charge in [-0.1, -0.05) is 0 Å². The van der Waals surface area contributed by atoms with Gasteiger partial charge >= 0.3 is 0 Å². The van der Waals surface area contributed by atoms with Gasteiger partial charge in [0.2, 0.25) is 0 Å². The summed E-state index contributed by atoms with van der Waals surface area (Å²) in [5.41, 5.74) is 1.08. The number of hydrogen-bond donors (Lipinski definition) is 0. The minimum Gasteiger partial charge on any atom is -0.482 e. The average Bonchev–Trinajstić information content (AvgIpc) is 2.32. The molecule has 1 aliphatic heterocycles. The van der Waals surface area contributed by atoms with Crippen molar-refractivity contribution in [2.75, 3.05) is 18.6 Å². The van der Waals surface area contributed by atoms with Crippen molar-refractivity contribution in [3.8, 4) is 5.75 Å². The van der Waals surface area contributed by atoms with Crippen molar-refractivity contribution in [1.29, 1.82) is 0 Å². The number of amides is 1. The van der Waals surface area contributed by atoms with Gasteiger partial charge in [0.1, 0.15) is 5.75 Å². The molecule has 0 N–H and O–H groups in total. The van der Waals surface area contributed by atoms with Crippen LogP contribution in [0.5, 0.6) is 5.75 Å². The first-order valence-electron chi connectivity index (χ1n) is 5.22. The SMILES string of the molecule is C[C@H](Cl)C(=O)c1ccc2c(c1)N(C)C(=O)CO2. The minimum absolute atomic E-state index is 0.0305. The molecule has 0 spiro atoms. The van der Waals surface area contributed by atoms with Crippen molar-refractivity contribution in [3.63, 3.8) is 0 Å². The van der Waals surface area contributed by atoms with Gasteiger partial charge in [-0.3, -0.25) is 9.59 Å². The lowest BCUT2D eigenvalue weighted by molar-refractivity contribution is -0.120. The van der Waals surface area contributed by atoms with Crippen LogP contribution in [0.25, 0.3) is 0 Å². The first-order chi connectivity index (χ1) is 8.00. The molecule has 1 heterocycles. The third-order valence-electron chi connectivity index (χ3n) is 2.69. The number of carbonyl (C=O) groups excluding carboxylic acids is 2. The summed E-state index contributed by atoms with van der Waals surface area (Å²) in [6, 6.07) is 4.97. The normalized spacial score (nSPS) is 16.2. The number of Topliss-reactive ketones (excluding diaryl/α,β-unsaturated/α-hetero) is 1. The number of hydrogen-bond acceptors (Lipinski definition) is 3. The van der Waals surface area contributed by atoms with E-state index in [1.807, 2.05) is 0 Å². The van der Waals surface area contributed by atoms with Gasteiger partial charge in [-0.25, -0.2) is 0 Å². The number of nitrogens with zero attached hydrogens (tertiary/aromatic N) is 1. The van der Waals surface area contributed by atoms with E-state index in [-0.39, 0.29) is 18.3 Å². The number of ether oxygens (including phenoxy) is 1. The second-order valence-corrected chi connectivity index (χ2v) is 4.56. The molecule has 0 radical (unpaired) electrons. The van der Waals surface area contributed by atoms with Gasteiger partial charge in [-0.2, -0.15) is 0 Å². The van der Waals surface area contributed by atoms with Gasteiger partial charge in [0, 0.05) is 12.6 Å². The molecule has 5 heteroatoms. The van der Waals surface area contributed by atoms with Crippen LogP contribution in [-0.4, -0.2) is 30.7 Å². The van der Waals surface area contributed by atoms with Gasteiger partial charge in [-0.05, 0) is 25.1 Å². The molecule has 1 aromatic rings. The predicted molar refractivity (Wildman–Crippen MR) is 65.0 cm³/mol. The van der Waals surface area contributed by atoms with Gasteiger partial charge < -0.3 is 9.64 Å². The predicted octanol–water partition coefficient (Wildman–Crippen LogP) is 1.85. The number of fused-ring (bicyclic) bond motifs is 1. The highest BCUT2D eigenvalue weighted by Crippen LogP contribution is 2.32. The van der Waals surface area contributed by atoms with Gasteiger partial charge in [0.25, 0.3) is 5.91 Å². The molecular weight excluding hydrogens is 242 g/mol. The molecule has 0 saturated carbocycles. The summed E-state index contributed by atoms with van der Waals surface area (Å²) in [6.45, 7) is 1.65. The molecule has 2 rings (SSSR count). The lowest BCUT2D eigenvalue weighted by Gasteiger charge is -2.26. The molecule has 0 fully saturated rings. The monoisotopic (exact) mass is 253 g/mol. The number of rotatable bonds is 2. The van der Waals surface area contributed by atoms with Gasteiger partial charge in [-0.15, -0.1) is 11.6 Å². The maximum atomic E-state index is 11.7. The maximum Gasteiger partial charge on any atom is 0.264 e. The summed E-state index contributed by atoms with van der Waals surface area (Å²) < 4.78 is 5.27. The Labute approximate surface area is 104 Å². The number of alkyl halides is 1. The Morgan fingerprint density at radius 3 is 2.88 bits per heavy atom. The van der Waals surface area contributed by atoms with E-state index in [0.717, 1.165) is 0 Å². The summed E-state index contributed by atoms with van der Waals surface area (Å²) in [5.74, 6) is 0.299. The summed E-state index contributed by atoms with van der Waals surface area (Å²) in [7, 11) is 1.65. The molecule has 0 saturated heterocycles. The Morgan fingerprint density at radius 2 is 2.24 bits per heavy atom. The van der Waals surface area contributed by atoms with E-state index >= 15 is 0 Å². The lowest BCUT2D eigenvalue weighted by atomic mass is 10.1. The molecule has 4 nitrogen and oxygen atoms in total. The van der Waals surface area contributed by atoms with Crippen LogP contribution in [0.1, 0.15) is 17.3 Å². The zero-order valence-electron chi connectivity index (χ0n) is 9.57. The summed E-state index contributed by atoms with van der Waals surface area (Å²) >= 11 is 5.75. The van der Waals surface area contributed by atoms with E-state index in [1.165, 1.54) is 4.90 Å². The molecule has 17 heavy (non-hydrogen) atoms. The molecule has 1 atom stereocenters. The van der Waals surface area contributed by atoms with Crippen LogP contribution < -0.4 is 9.64 Å². The highest BCUT2D eigenvalue weighted by molar-refractivity contribution is 6.33. The van der Waals surface area contributed by atoms with Crippen LogP contribution in [0.3, 0.4) is 0 Å². The molecule has 1 aromatic carbocycles. The number of halogens is 1. The molecule has 1 aliphatic rings. The van der Waals surface area contributed by atoms with Crippen LogP contribution in [0.15, 0.2) is 18.2 Å². The maximum absolute atomic E-state index is 11.7. The van der Waals surface area contributed by atoms with E-state index in [0.29, 0.717) is 17.0 Å². The van der Waals surface area contributed by atoms with Crippen LogP contribution in [-0.2, 0) is 4.79 Å². The standard InChI is InChI=1S/C12H12ClNO3/c1-7(13)12(16)8-3-4-10-9(5-8)14(2)11(15)6-17-10/h3-5,7H,6H2,1-2H3/t7-/m0/s1. The number of carbonyl (C=O) groups is 2. The lowest BCUT2D eigenvalue weighted by Crippen LogP contribution is -2.35. The van der Waals surface area contributed by atoms with Crippen molar-refractivity contribution in [2.45, 2.75) is 12.3 Å². The Balaban J connectivity index is 2.42. The van der Waals surface area contributed by atoms with Crippen LogP contribution in [0.2, 0.25) is 0 Å². The second-order valence-electron chi connectivity index (χ2n) is 3.90. The molecule has 1 amide bonds. The Morgan fingerprint density at radius 1 is 1.53 bits per heavy atom. The highest BCUT2D eigenvalue weighted by atomic mass is 35.5. The number of benzene rings is 1. The quantitative estimate of drug-likeness (QED) is 0.597. The van der Waals surface area contributed by atoms with E-state index in [1.54, 1.807) is 32.2 Å². The van der Waals surface area contributed by atoms with E-state index < -0.39 is 5.38 Å². The van der Waals surface area contributed by atoms with Crippen LogP contribution in [0, 0.1) is 0 Å². The first-order valence-corrected chi connectivity index (χ1v) is 5.66. The summed E-state index contributed by atoms with van der Waals surface area (Å²) in [5, 5.41) is -0.585. The van der Waals surface area contributed by atoms with Crippen molar-refractivity contribution in [2.24, 2.45) is 0 Å². The zero-order valence-corrected chi connectivity index (χ0v) is 10.3. The largest absolute Gasteiger partial charge is 0.482 e. The minimum atomic E-state index is -0.585. The number of anilines is 1. The number of ketones is 1. The topological polar surface area (TPSA) is 46.6 Å². The first kappa shape index (κ1) is 11.9. The third kappa shape index (κ3) is 2.13. The average molecular weight is 254 g/mol. The Kier molecular flexibility index (Phi) is 3.07. The summed E-state index contributed by atoms with van der Waals surface area (Å²) in [6.07, 6.45) is 0. The fourth-order valence-electron chi connectivity index (χ4n) is 1.66. The molecule has 0 unspecified atom stereocenters. The van der Waals surface area contributed by atoms with Crippen LogP contribution in [0.4, 0.5) is 5.69 Å². The Hall–Kier alpha value is -1.55. The molecule has 0 aromatic heterocycles.